The minimum atomic E-state index is 0.412. The van der Waals surface area contributed by atoms with Gasteiger partial charge in [0, 0.05) is 0 Å². The van der Waals surface area contributed by atoms with E-state index < -0.39 is 0 Å². The minimum Gasteiger partial charge on any atom is -0.382 e. The first-order valence-corrected chi connectivity index (χ1v) is 6.69. The zero-order valence-electron chi connectivity index (χ0n) is 9.73. The smallest absolute Gasteiger partial charge is 0.215 e. The van der Waals surface area contributed by atoms with Gasteiger partial charge in [0.25, 0.3) is 0 Å². The highest BCUT2D eigenvalue weighted by Gasteiger charge is 2.22. The van der Waals surface area contributed by atoms with Gasteiger partial charge in [-0.3, -0.25) is 0 Å². The van der Waals surface area contributed by atoms with Crippen LogP contribution in [-0.2, 0) is 0 Å². The molecule has 3 rings (SSSR count). The number of hydrogen-bond donors (Lipinski definition) is 1. The van der Waals surface area contributed by atoms with Gasteiger partial charge in [-0.15, -0.1) is 15.3 Å². The number of rotatable bonds is 3. The zero-order valence-corrected chi connectivity index (χ0v) is 10.5. The Kier molecular flexibility index (Phi) is 3.09. The standard InChI is InChI=1S/C10H13N7S/c11-8-5-6-9(13-12-8)18-10-14-15-16-17(10)7-3-1-2-4-7/h5-7H,1-4H2,(H2,11,12). The predicted molar refractivity (Wildman–Crippen MR) is 65.9 cm³/mol. The number of aromatic nitrogens is 6. The monoisotopic (exact) mass is 263 g/mol. The molecule has 94 valence electrons. The molecule has 2 heterocycles. The van der Waals surface area contributed by atoms with Gasteiger partial charge in [0.2, 0.25) is 5.16 Å². The van der Waals surface area contributed by atoms with E-state index in [0.29, 0.717) is 11.9 Å². The van der Waals surface area contributed by atoms with Gasteiger partial charge in [0.05, 0.1) is 6.04 Å². The third-order valence-corrected chi connectivity index (χ3v) is 3.87. The summed E-state index contributed by atoms with van der Waals surface area (Å²) < 4.78 is 1.90. The van der Waals surface area contributed by atoms with Gasteiger partial charge in [-0.25, -0.2) is 4.68 Å². The van der Waals surface area contributed by atoms with Crippen molar-refractivity contribution < 1.29 is 0 Å². The molecule has 2 aromatic rings. The van der Waals surface area contributed by atoms with Crippen molar-refractivity contribution in [3.63, 3.8) is 0 Å². The van der Waals surface area contributed by atoms with Crippen LogP contribution in [0.2, 0.25) is 0 Å². The van der Waals surface area contributed by atoms with Crippen LogP contribution < -0.4 is 5.73 Å². The lowest BCUT2D eigenvalue weighted by Crippen LogP contribution is -2.08. The third-order valence-electron chi connectivity index (χ3n) is 2.99. The molecular formula is C10H13N7S. The van der Waals surface area contributed by atoms with Gasteiger partial charge >= 0.3 is 0 Å². The summed E-state index contributed by atoms with van der Waals surface area (Å²) in [7, 11) is 0. The molecule has 0 bridgehead atoms. The summed E-state index contributed by atoms with van der Waals surface area (Å²) in [6.45, 7) is 0. The summed E-state index contributed by atoms with van der Waals surface area (Å²) in [5.41, 5.74) is 5.50. The summed E-state index contributed by atoms with van der Waals surface area (Å²) in [6, 6.07) is 3.96. The van der Waals surface area contributed by atoms with Crippen LogP contribution in [0.15, 0.2) is 22.3 Å². The Labute approximate surface area is 108 Å². The Morgan fingerprint density at radius 2 is 2.00 bits per heavy atom. The minimum absolute atomic E-state index is 0.412. The summed E-state index contributed by atoms with van der Waals surface area (Å²) in [4.78, 5) is 0. The Morgan fingerprint density at radius 1 is 1.17 bits per heavy atom. The average Bonchev–Trinajstić information content (AvgIpc) is 3.02. The molecule has 1 aliphatic rings. The molecule has 0 atom stereocenters. The Bertz CT molecular complexity index is 517. The first-order valence-electron chi connectivity index (χ1n) is 5.88. The van der Waals surface area contributed by atoms with E-state index in [1.807, 2.05) is 10.7 Å². The normalized spacial score (nSPS) is 16.2. The SMILES string of the molecule is Nc1ccc(Sc2nnnn2C2CCCC2)nn1. The quantitative estimate of drug-likeness (QED) is 0.891. The second-order valence-electron chi connectivity index (χ2n) is 4.24. The summed E-state index contributed by atoms with van der Waals surface area (Å²) >= 11 is 1.41. The molecule has 0 radical (unpaired) electrons. The largest absolute Gasteiger partial charge is 0.382 e. The highest BCUT2D eigenvalue weighted by Crippen LogP contribution is 2.32. The lowest BCUT2D eigenvalue weighted by Gasteiger charge is -2.10. The van der Waals surface area contributed by atoms with Crippen LogP contribution >= 0.6 is 11.8 Å². The fourth-order valence-electron chi connectivity index (χ4n) is 2.11. The van der Waals surface area contributed by atoms with Crippen LogP contribution in [0.3, 0.4) is 0 Å². The molecule has 1 saturated carbocycles. The molecule has 1 fully saturated rings. The third kappa shape index (κ3) is 2.28. The van der Waals surface area contributed by atoms with Crippen LogP contribution in [0.25, 0.3) is 0 Å². The Morgan fingerprint density at radius 3 is 2.72 bits per heavy atom. The molecule has 0 spiro atoms. The highest BCUT2D eigenvalue weighted by atomic mass is 32.2. The van der Waals surface area contributed by atoms with Crippen molar-refractivity contribution in [1.29, 1.82) is 0 Å². The van der Waals surface area contributed by atoms with Crippen molar-refractivity contribution in [2.75, 3.05) is 5.73 Å². The van der Waals surface area contributed by atoms with Crippen molar-refractivity contribution in [3.05, 3.63) is 12.1 Å². The fraction of sp³-hybridized carbons (Fsp3) is 0.500. The van der Waals surface area contributed by atoms with Crippen molar-refractivity contribution in [2.45, 2.75) is 41.9 Å². The maximum atomic E-state index is 5.50. The first kappa shape index (κ1) is 11.4. The zero-order chi connectivity index (χ0) is 12.4. The van der Waals surface area contributed by atoms with Crippen molar-refractivity contribution in [1.82, 2.24) is 30.4 Å². The predicted octanol–water partition coefficient (Wildman–Crippen LogP) is 1.31. The number of nitrogens with two attached hydrogens (primary N) is 1. The molecular weight excluding hydrogens is 250 g/mol. The molecule has 0 saturated heterocycles. The van der Waals surface area contributed by atoms with E-state index in [4.69, 9.17) is 5.73 Å². The van der Waals surface area contributed by atoms with E-state index in [1.165, 1.54) is 24.6 Å². The molecule has 0 aromatic carbocycles. The summed E-state index contributed by atoms with van der Waals surface area (Å²) in [6.07, 6.45) is 4.78. The second kappa shape index (κ2) is 4.89. The van der Waals surface area contributed by atoms with E-state index in [2.05, 4.69) is 25.7 Å². The van der Waals surface area contributed by atoms with E-state index in [1.54, 1.807) is 6.07 Å². The number of tetrazole rings is 1. The first-order chi connectivity index (χ1) is 8.83. The van der Waals surface area contributed by atoms with Gasteiger partial charge in [-0.05, 0) is 47.2 Å². The molecule has 8 heteroatoms. The lowest BCUT2D eigenvalue weighted by molar-refractivity contribution is 0.423. The van der Waals surface area contributed by atoms with Gasteiger partial charge < -0.3 is 5.73 Å². The number of nitrogens with zero attached hydrogens (tertiary/aromatic N) is 6. The second-order valence-corrected chi connectivity index (χ2v) is 5.23. The van der Waals surface area contributed by atoms with Crippen molar-refractivity contribution in [2.24, 2.45) is 0 Å². The van der Waals surface area contributed by atoms with E-state index in [0.717, 1.165) is 23.0 Å². The van der Waals surface area contributed by atoms with E-state index in [9.17, 15) is 0 Å². The van der Waals surface area contributed by atoms with Gasteiger partial charge in [-0.2, -0.15) is 0 Å². The molecule has 18 heavy (non-hydrogen) atoms. The van der Waals surface area contributed by atoms with Crippen LogP contribution in [-0.4, -0.2) is 30.4 Å². The van der Waals surface area contributed by atoms with Gasteiger partial charge in [-0.1, -0.05) is 12.8 Å². The molecule has 0 amide bonds. The molecule has 1 aliphatic carbocycles. The Balaban J connectivity index is 1.80. The summed E-state index contributed by atoms with van der Waals surface area (Å²) in [5.74, 6) is 0.412. The number of hydrogen-bond acceptors (Lipinski definition) is 7. The Hall–Kier alpha value is -1.70. The molecule has 7 nitrogen and oxygen atoms in total. The van der Waals surface area contributed by atoms with Crippen LogP contribution in [0.5, 0.6) is 0 Å². The van der Waals surface area contributed by atoms with Crippen LogP contribution in [0, 0.1) is 0 Å². The fourth-order valence-corrected chi connectivity index (χ4v) is 2.87. The van der Waals surface area contributed by atoms with Crippen molar-refractivity contribution in [3.8, 4) is 0 Å². The average molecular weight is 263 g/mol. The summed E-state index contributed by atoms with van der Waals surface area (Å²) in [5, 5.41) is 21.2. The molecule has 0 unspecified atom stereocenters. The maximum Gasteiger partial charge on any atom is 0.215 e. The topological polar surface area (TPSA) is 95.4 Å². The van der Waals surface area contributed by atoms with Crippen molar-refractivity contribution >= 4 is 17.6 Å². The molecule has 2 aromatic heterocycles. The molecule has 2 N–H and O–H groups in total. The van der Waals surface area contributed by atoms with E-state index in [-0.39, 0.29) is 0 Å². The van der Waals surface area contributed by atoms with Gasteiger partial charge in [0.15, 0.2) is 0 Å². The van der Waals surface area contributed by atoms with Crippen LogP contribution in [0.4, 0.5) is 5.82 Å². The highest BCUT2D eigenvalue weighted by molar-refractivity contribution is 7.99. The van der Waals surface area contributed by atoms with Gasteiger partial charge in [0.1, 0.15) is 10.8 Å². The number of nitrogen functional groups attached to an aromatic ring is 1. The maximum absolute atomic E-state index is 5.50. The number of anilines is 1. The lowest BCUT2D eigenvalue weighted by atomic mass is 10.3. The van der Waals surface area contributed by atoms with Crippen LogP contribution in [0.1, 0.15) is 31.7 Å². The molecule has 0 aliphatic heterocycles. The van der Waals surface area contributed by atoms with E-state index >= 15 is 0 Å².